The summed E-state index contributed by atoms with van der Waals surface area (Å²) in [5.41, 5.74) is 2.59. The largest absolute Gasteiger partial charge is 0.383 e. The highest BCUT2D eigenvalue weighted by molar-refractivity contribution is 6.04. The molecule has 0 aliphatic carbocycles. The second kappa shape index (κ2) is 8.29. The van der Waals surface area contributed by atoms with Gasteiger partial charge in [0, 0.05) is 31.1 Å². The molecule has 0 bridgehead atoms. The van der Waals surface area contributed by atoms with Gasteiger partial charge in [0.05, 0.1) is 6.61 Å². The molecule has 5 heteroatoms. The monoisotopic (exact) mass is 313 g/mol. The summed E-state index contributed by atoms with van der Waals surface area (Å²) in [5.74, 6) is 0.977. The van der Waals surface area contributed by atoms with Crippen molar-refractivity contribution in [3.05, 3.63) is 53.7 Å². The van der Waals surface area contributed by atoms with E-state index in [1.54, 1.807) is 25.4 Å². The highest BCUT2D eigenvalue weighted by Gasteiger charge is 2.08. The fraction of sp³-hybridized carbons (Fsp3) is 0.333. The van der Waals surface area contributed by atoms with Gasteiger partial charge in [0.15, 0.2) is 0 Å². The van der Waals surface area contributed by atoms with Crippen LogP contribution < -0.4 is 10.6 Å². The number of rotatable bonds is 7. The molecule has 2 rings (SSSR count). The number of nitrogens with zero attached hydrogens (tertiary/aromatic N) is 1. The van der Waals surface area contributed by atoms with Gasteiger partial charge in [-0.15, -0.1) is 0 Å². The van der Waals surface area contributed by atoms with Gasteiger partial charge in [-0.25, -0.2) is 4.98 Å². The van der Waals surface area contributed by atoms with Crippen molar-refractivity contribution in [1.82, 2.24) is 4.98 Å². The second-order valence-corrected chi connectivity index (χ2v) is 5.58. The van der Waals surface area contributed by atoms with Crippen molar-refractivity contribution in [3.8, 4) is 0 Å². The summed E-state index contributed by atoms with van der Waals surface area (Å²) in [6.07, 6.45) is 1.62. The summed E-state index contributed by atoms with van der Waals surface area (Å²) in [5, 5.41) is 6.01. The fourth-order valence-corrected chi connectivity index (χ4v) is 2.10. The Labute approximate surface area is 137 Å². The van der Waals surface area contributed by atoms with Crippen LogP contribution in [0.1, 0.15) is 35.7 Å². The SMILES string of the molecule is COCCNc1cc(C(=O)Nc2ccc(C(C)C)cc2)ccn1. The van der Waals surface area contributed by atoms with Crippen LogP contribution in [0.3, 0.4) is 0 Å². The number of pyridine rings is 1. The number of hydrogen-bond donors (Lipinski definition) is 2. The Morgan fingerprint density at radius 1 is 1.22 bits per heavy atom. The Hall–Kier alpha value is -2.40. The van der Waals surface area contributed by atoms with E-state index in [-0.39, 0.29) is 5.91 Å². The summed E-state index contributed by atoms with van der Waals surface area (Å²) in [7, 11) is 1.64. The van der Waals surface area contributed by atoms with Gasteiger partial charge in [0.1, 0.15) is 5.82 Å². The maximum Gasteiger partial charge on any atom is 0.255 e. The van der Waals surface area contributed by atoms with Crippen molar-refractivity contribution in [3.63, 3.8) is 0 Å². The molecule has 0 aliphatic heterocycles. The maximum atomic E-state index is 12.3. The molecule has 0 atom stereocenters. The van der Waals surface area contributed by atoms with Crippen LogP contribution in [0, 0.1) is 0 Å². The molecule has 2 aromatic rings. The molecule has 0 radical (unpaired) electrons. The smallest absolute Gasteiger partial charge is 0.255 e. The van der Waals surface area contributed by atoms with Gasteiger partial charge in [-0.1, -0.05) is 26.0 Å². The molecular formula is C18H23N3O2. The molecule has 0 unspecified atom stereocenters. The zero-order valence-corrected chi connectivity index (χ0v) is 13.8. The first-order valence-corrected chi connectivity index (χ1v) is 7.70. The van der Waals surface area contributed by atoms with Crippen LogP contribution in [0.15, 0.2) is 42.6 Å². The van der Waals surface area contributed by atoms with Crippen molar-refractivity contribution < 1.29 is 9.53 Å². The summed E-state index contributed by atoms with van der Waals surface area (Å²) in [6.45, 7) is 5.51. The van der Waals surface area contributed by atoms with Crippen LogP contribution in [-0.2, 0) is 4.74 Å². The Kier molecular flexibility index (Phi) is 6.11. The molecule has 122 valence electrons. The molecule has 2 N–H and O–H groups in total. The number of amides is 1. The number of anilines is 2. The van der Waals surface area contributed by atoms with Gasteiger partial charge in [-0.3, -0.25) is 4.79 Å². The van der Waals surface area contributed by atoms with Crippen molar-refractivity contribution in [1.29, 1.82) is 0 Å². The minimum Gasteiger partial charge on any atom is -0.383 e. The molecule has 1 heterocycles. The number of carbonyl (C=O) groups excluding carboxylic acids is 1. The van der Waals surface area contributed by atoms with E-state index < -0.39 is 0 Å². The molecule has 0 aliphatic rings. The average molecular weight is 313 g/mol. The van der Waals surface area contributed by atoms with Crippen LogP contribution in [-0.4, -0.2) is 31.2 Å². The zero-order chi connectivity index (χ0) is 16.7. The normalized spacial score (nSPS) is 10.6. The van der Waals surface area contributed by atoms with E-state index in [0.29, 0.717) is 30.5 Å². The minimum absolute atomic E-state index is 0.153. The maximum absolute atomic E-state index is 12.3. The number of benzene rings is 1. The van der Waals surface area contributed by atoms with Gasteiger partial charge >= 0.3 is 0 Å². The molecule has 5 nitrogen and oxygen atoms in total. The van der Waals surface area contributed by atoms with Crippen molar-refractivity contribution in [2.75, 3.05) is 30.9 Å². The van der Waals surface area contributed by atoms with Crippen LogP contribution in [0.25, 0.3) is 0 Å². The van der Waals surface area contributed by atoms with Gasteiger partial charge in [0.2, 0.25) is 0 Å². The van der Waals surface area contributed by atoms with Gasteiger partial charge < -0.3 is 15.4 Å². The van der Waals surface area contributed by atoms with Crippen LogP contribution >= 0.6 is 0 Å². The Balaban J connectivity index is 2.01. The Bertz CT molecular complexity index is 639. The Morgan fingerprint density at radius 2 is 1.96 bits per heavy atom. The fourth-order valence-electron chi connectivity index (χ4n) is 2.10. The lowest BCUT2D eigenvalue weighted by atomic mass is 10.0. The molecule has 0 saturated heterocycles. The summed E-state index contributed by atoms with van der Waals surface area (Å²) in [6, 6.07) is 11.3. The molecule has 23 heavy (non-hydrogen) atoms. The Morgan fingerprint density at radius 3 is 2.61 bits per heavy atom. The van der Waals surface area contributed by atoms with Crippen molar-refractivity contribution in [2.45, 2.75) is 19.8 Å². The first-order chi connectivity index (χ1) is 11.1. The van der Waals surface area contributed by atoms with Gasteiger partial charge in [-0.2, -0.15) is 0 Å². The summed E-state index contributed by atoms with van der Waals surface area (Å²) in [4.78, 5) is 16.5. The highest BCUT2D eigenvalue weighted by Crippen LogP contribution is 2.18. The molecule has 1 aromatic carbocycles. The molecular weight excluding hydrogens is 290 g/mol. The molecule has 1 amide bonds. The van der Waals surface area contributed by atoms with Gasteiger partial charge in [0.25, 0.3) is 5.91 Å². The zero-order valence-electron chi connectivity index (χ0n) is 13.8. The number of methoxy groups -OCH3 is 1. The topological polar surface area (TPSA) is 63.2 Å². The van der Waals surface area contributed by atoms with E-state index in [1.807, 2.05) is 24.3 Å². The van der Waals surface area contributed by atoms with Crippen molar-refractivity contribution >= 4 is 17.4 Å². The van der Waals surface area contributed by atoms with Gasteiger partial charge in [-0.05, 0) is 35.7 Å². The average Bonchev–Trinajstić information content (AvgIpc) is 2.56. The second-order valence-electron chi connectivity index (χ2n) is 5.58. The quantitative estimate of drug-likeness (QED) is 0.768. The summed E-state index contributed by atoms with van der Waals surface area (Å²) < 4.78 is 4.98. The number of nitrogens with one attached hydrogen (secondary N) is 2. The third-order valence-corrected chi connectivity index (χ3v) is 3.47. The lowest BCUT2D eigenvalue weighted by Gasteiger charge is -2.09. The molecule has 0 spiro atoms. The number of aromatic nitrogens is 1. The number of carbonyl (C=O) groups is 1. The van der Waals surface area contributed by atoms with E-state index in [0.717, 1.165) is 5.69 Å². The third kappa shape index (κ3) is 5.07. The lowest BCUT2D eigenvalue weighted by Crippen LogP contribution is -2.14. The van der Waals surface area contributed by atoms with E-state index in [1.165, 1.54) is 5.56 Å². The predicted molar refractivity (Wildman–Crippen MR) is 93.1 cm³/mol. The van der Waals surface area contributed by atoms with E-state index >= 15 is 0 Å². The molecule has 1 aromatic heterocycles. The highest BCUT2D eigenvalue weighted by atomic mass is 16.5. The standard InChI is InChI=1S/C18H23N3O2/c1-13(2)14-4-6-16(7-5-14)21-18(22)15-8-9-19-17(12-15)20-10-11-23-3/h4-9,12-13H,10-11H2,1-3H3,(H,19,20)(H,21,22). The predicted octanol–water partition coefficient (Wildman–Crippen LogP) is 3.52. The molecule has 0 saturated carbocycles. The van der Waals surface area contributed by atoms with Crippen LogP contribution in [0.2, 0.25) is 0 Å². The first-order valence-electron chi connectivity index (χ1n) is 7.70. The van der Waals surface area contributed by atoms with Crippen LogP contribution in [0.4, 0.5) is 11.5 Å². The van der Waals surface area contributed by atoms with Crippen LogP contribution in [0.5, 0.6) is 0 Å². The van der Waals surface area contributed by atoms with Crippen molar-refractivity contribution in [2.24, 2.45) is 0 Å². The lowest BCUT2D eigenvalue weighted by molar-refractivity contribution is 0.102. The molecule has 0 fully saturated rings. The van der Waals surface area contributed by atoms with E-state index in [2.05, 4.69) is 29.5 Å². The summed E-state index contributed by atoms with van der Waals surface area (Å²) >= 11 is 0. The number of ether oxygens (including phenoxy) is 1. The third-order valence-electron chi connectivity index (χ3n) is 3.47. The number of hydrogen-bond acceptors (Lipinski definition) is 4. The first kappa shape index (κ1) is 17.0. The van der Waals surface area contributed by atoms with E-state index in [4.69, 9.17) is 4.74 Å². The minimum atomic E-state index is -0.153. The van der Waals surface area contributed by atoms with E-state index in [9.17, 15) is 4.79 Å².